The number of hydrogen-bond donors (Lipinski definition) is 0. The van der Waals surface area contributed by atoms with Crippen molar-refractivity contribution in [2.75, 3.05) is 40.3 Å². The number of ether oxygens (including phenoxy) is 1. The van der Waals surface area contributed by atoms with Gasteiger partial charge in [-0.1, -0.05) is 24.1 Å². The third-order valence-electron chi connectivity index (χ3n) is 6.90. The number of hydrogen-bond acceptors (Lipinski definition) is 6. The van der Waals surface area contributed by atoms with Crippen molar-refractivity contribution in [3.05, 3.63) is 52.8 Å². The first kappa shape index (κ1) is 21.1. The zero-order chi connectivity index (χ0) is 22.2. The lowest BCUT2D eigenvalue weighted by Gasteiger charge is -2.32. The summed E-state index contributed by atoms with van der Waals surface area (Å²) in [4.78, 5) is 22.1. The lowest BCUT2D eigenvalue weighted by atomic mass is 9.81. The second kappa shape index (κ2) is 8.64. The molecule has 3 heterocycles. The highest BCUT2D eigenvalue weighted by atomic mass is 16.5. The van der Waals surface area contributed by atoms with Crippen LogP contribution in [0.25, 0.3) is 16.7 Å². The normalized spacial score (nSPS) is 18.1. The summed E-state index contributed by atoms with van der Waals surface area (Å²) in [7, 11) is 3.57. The third-order valence-corrected chi connectivity index (χ3v) is 6.90. The third kappa shape index (κ3) is 3.91. The molecular weight excluding hydrogens is 402 g/mol. The molecule has 1 aromatic carbocycles. The number of nitrogens with zero attached hydrogens (tertiary/aromatic N) is 5. The summed E-state index contributed by atoms with van der Waals surface area (Å²) in [5.74, 6) is 0.0505. The smallest absolute Gasteiger partial charge is 0.356 e. The number of benzene rings is 1. The van der Waals surface area contributed by atoms with E-state index in [0.29, 0.717) is 11.6 Å². The van der Waals surface area contributed by atoms with Crippen LogP contribution in [0.15, 0.2) is 30.3 Å². The van der Waals surface area contributed by atoms with Gasteiger partial charge in [-0.05, 0) is 50.6 Å². The van der Waals surface area contributed by atoms with Gasteiger partial charge in [-0.15, -0.1) is 0 Å². The van der Waals surface area contributed by atoms with Gasteiger partial charge in [-0.2, -0.15) is 5.10 Å². The van der Waals surface area contributed by atoms with Crippen LogP contribution in [-0.4, -0.2) is 70.9 Å². The minimum absolute atomic E-state index is 0.345. The van der Waals surface area contributed by atoms with Gasteiger partial charge < -0.3 is 9.64 Å². The van der Waals surface area contributed by atoms with Crippen molar-refractivity contribution in [2.45, 2.75) is 38.6 Å². The maximum Gasteiger partial charge on any atom is 0.356 e. The molecule has 0 radical (unpaired) electrons. The predicted octanol–water partition coefficient (Wildman–Crippen LogP) is 3.53. The van der Waals surface area contributed by atoms with E-state index in [2.05, 4.69) is 48.0 Å². The van der Waals surface area contributed by atoms with E-state index in [-0.39, 0.29) is 0 Å². The van der Waals surface area contributed by atoms with Gasteiger partial charge in [0.2, 0.25) is 0 Å². The lowest BCUT2D eigenvalue weighted by Crippen LogP contribution is -2.43. The number of pyridine rings is 1. The number of esters is 1. The molecular formula is C25H31N5O2. The van der Waals surface area contributed by atoms with E-state index in [1.165, 1.54) is 19.1 Å². The number of carbonyl (C=O) groups is 1. The van der Waals surface area contributed by atoms with Crippen LogP contribution in [0.5, 0.6) is 0 Å². The summed E-state index contributed by atoms with van der Waals surface area (Å²) in [6.07, 6.45) is 3.56. The van der Waals surface area contributed by atoms with Crippen LogP contribution in [0.3, 0.4) is 0 Å². The van der Waals surface area contributed by atoms with Gasteiger partial charge in [-0.25, -0.2) is 14.5 Å². The second-order valence-corrected chi connectivity index (χ2v) is 9.20. The molecule has 3 aromatic rings. The van der Waals surface area contributed by atoms with Crippen molar-refractivity contribution < 1.29 is 9.53 Å². The maximum atomic E-state index is 12.5. The summed E-state index contributed by atoms with van der Waals surface area (Å²) < 4.78 is 6.96. The number of aromatic nitrogens is 3. The molecule has 0 N–H and O–H groups in total. The Morgan fingerprint density at radius 3 is 2.47 bits per heavy atom. The maximum absolute atomic E-state index is 12.5. The van der Waals surface area contributed by atoms with Gasteiger partial charge in [0.05, 0.1) is 18.5 Å². The van der Waals surface area contributed by atoms with Gasteiger partial charge in [0, 0.05) is 44.0 Å². The molecule has 1 saturated carbocycles. The minimum Gasteiger partial charge on any atom is -0.464 e. The van der Waals surface area contributed by atoms with Crippen molar-refractivity contribution in [3.63, 3.8) is 0 Å². The molecule has 1 aliphatic heterocycles. The van der Waals surface area contributed by atoms with Gasteiger partial charge in [-0.3, -0.25) is 4.90 Å². The molecule has 0 amide bonds. The van der Waals surface area contributed by atoms with Gasteiger partial charge in [0.15, 0.2) is 11.3 Å². The summed E-state index contributed by atoms with van der Waals surface area (Å²) in [6.45, 7) is 6.99. The van der Waals surface area contributed by atoms with Gasteiger partial charge in [0.1, 0.15) is 0 Å². The quantitative estimate of drug-likeness (QED) is 0.574. The van der Waals surface area contributed by atoms with E-state index < -0.39 is 5.97 Å². The fourth-order valence-electron chi connectivity index (χ4n) is 4.63. The van der Waals surface area contributed by atoms with Gasteiger partial charge in [0.25, 0.3) is 0 Å². The molecule has 0 atom stereocenters. The van der Waals surface area contributed by atoms with Crippen molar-refractivity contribution >= 4 is 17.0 Å². The van der Waals surface area contributed by atoms with Crippen molar-refractivity contribution in [3.8, 4) is 5.69 Å². The molecule has 2 aliphatic rings. The largest absolute Gasteiger partial charge is 0.464 e. The zero-order valence-corrected chi connectivity index (χ0v) is 19.2. The van der Waals surface area contributed by atoms with E-state index in [4.69, 9.17) is 14.8 Å². The number of carbonyl (C=O) groups excluding carboxylic acids is 1. The van der Waals surface area contributed by atoms with Crippen LogP contribution in [0.4, 0.5) is 0 Å². The Morgan fingerprint density at radius 2 is 1.84 bits per heavy atom. The Hall–Kier alpha value is -2.77. The van der Waals surface area contributed by atoms with E-state index in [1.54, 1.807) is 0 Å². The summed E-state index contributed by atoms with van der Waals surface area (Å²) in [6, 6.07) is 10.2. The van der Waals surface area contributed by atoms with E-state index >= 15 is 0 Å². The van der Waals surface area contributed by atoms with Crippen molar-refractivity contribution in [2.24, 2.45) is 0 Å². The standard InChI is InChI=1S/C25H31N5O2/c1-17-7-9-20(10-8-17)30-24-22(23(27-30)18-5-4-6-18)19(15-21(26-24)25(31)32-3)16-29-13-11-28(2)12-14-29/h7-10,15,18H,4-6,11-14,16H2,1-3H3. The highest BCUT2D eigenvalue weighted by Crippen LogP contribution is 2.40. The first-order chi connectivity index (χ1) is 15.5. The Morgan fingerprint density at radius 1 is 1.12 bits per heavy atom. The molecule has 2 fully saturated rings. The lowest BCUT2D eigenvalue weighted by molar-refractivity contribution is 0.0594. The molecule has 5 rings (SSSR count). The predicted molar refractivity (Wildman–Crippen MR) is 124 cm³/mol. The Balaban J connectivity index is 1.67. The SMILES string of the molecule is COC(=O)c1cc(CN2CCN(C)CC2)c2c(C3CCC3)nn(-c3ccc(C)cc3)c2n1. The molecule has 7 nitrogen and oxygen atoms in total. The fourth-order valence-corrected chi connectivity index (χ4v) is 4.63. The molecule has 0 unspecified atom stereocenters. The van der Waals surface area contributed by atoms with E-state index in [1.807, 2.05) is 10.7 Å². The van der Waals surface area contributed by atoms with Crippen LogP contribution in [0.2, 0.25) is 0 Å². The van der Waals surface area contributed by atoms with Crippen LogP contribution in [0.1, 0.15) is 52.5 Å². The topological polar surface area (TPSA) is 63.5 Å². The molecule has 0 bridgehead atoms. The van der Waals surface area contributed by atoms with Crippen molar-refractivity contribution in [1.82, 2.24) is 24.6 Å². The fraction of sp³-hybridized carbons (Fsp3) is 0.480. The highest BCUT2D eigenvalue weighted by molar-refractivity contribution is 5.93. The van der Waals surface area contributed by atoms with Crippen molar-refractivity contribution in [1.29, 1.82) is 0 Å². The zero-order valence-electron chi connectivity index (χ0n) is 19.2. The number of piperazine rings is 1. The number of methoxy groups -OCH3 is 1. The van der Waals surface area contributed by atoms with Crippen LogP contribution in [0, 0.1) is 6.92 Å². The molecule has 0 spiro atoms. The molecule has 1 aliphatic carbocycles. The van der Waals surface area contributed by atoms with Crippen LogP contribution < -0.4 is 0 Å². The molecule has 32 heavy (non-hydrogen) atoms. The first-order valence-electron chi connectivity index (χ1n) is 11.5. The monoisotopic (exact) mass is 433 g/mol. The van der Waals surface area contributed by atoms with E-state index in [0.717, 1.165) is 73.5 Å². The molecule has 7 heteroatoms. The number of likely N-dealkylation sites (N-methyl/N-ethyl adjacent to an activating group) is 1. The molecule has 2 aromatic heterocycles. The summed E-state index contributed by atoms with van der Waals surface area (Å²) >= 11 is 0. The molecule has 1 saturated heterocycles. The highest BCUT2D eigenvalue weighted by Gasteiger charge is 2.29. The van der Waals surface area contributed by atoms with Gasteiger partial charge >= 0.3 is 5.97 Å². The Labute approximate surface area is 189 Å². The first-order valence-corrected chi connectivity index (χ1v) is 11.5. The average molecular weight is 434 g/mol. The number of rotatable bonds is 5. The second-order valence-electron chi connectivity index (χ2n) is 9.20. The van der Waals surface area contributed by atoms with E-state index in [9.17, 15) is 4.79 Å². The van der Waals surface area contributed by atoms with Crippen LogP contribution >= 0.6 is 0 Å². The average Bonchev–Trinajstić information content (AvgIpc) is 3.13. The minimum atomic E-state index is -0.409. The Kier molecular flexibility index (Phi) is 5.69. The number of aryl methyl sites for hydroxylation is 1. The summed E-state index contributed by atoms with van der Waals surface area (Å²) in [5.41, 5.74) is 5.51. The Bertz CT molecular complexity index is 1130. The summed E-state index contributed by atoms with van der Waals surface area (Å²) in [5, 5.41) is 6.19. The van der Waals surface area contributed by atoms with Crippen LogP contribution in [-0.2, 0) is 11.3 Å². The molecule has 168 valence electrons. The number of fused-ring (bicyclic) bond motifs is 1.